The van der Waals surface area contributed by atoms with E-state index in [1.165, 1.54) is 11.3 Å². The summed E-state index contributed by atoms with van der Waals surface area (Å²) in [5.41, 5.74) is 5.61. The topological polar surface area (TPSA) is 55.2 Å². The largest absolute Gasteiger partial charge is 0.378 e. The Kier molecular flexibility index (Phi) is 6.29. The van der Waals surface area contributed by atoms with Crippen molar-refractivity contribution in [3.63, 3.8) is 0 Å². The highest BCUT2D eigenvalue weighted by Gasteiger charge is 2.12. The lowest BCUT2D eigenvalue weighted by Crippen LogP contribution is -2.09. The van der Waals surface area contributed by atoms with Crippen LogP contribution in [-0.4, -0.2) is 35.4 Å². The van der Waals surface area contributed by atoms with Crippen LogP contribution in [0.1, 0.15) is 31.2 Å². The van der Waals surface area contributed by atoms with Gasteiger partial charge in [-0.3, -0.25) is 9.59 Å². The summed E-state index contributed by atoms with van der Waals surface area (Å²) in [6.07, 6.45) is 2.55. The van der Waals surface area contributed by atoms with Crippen LogP contribution in [0.15, 0.2) is 90.4 Å². The molecule has 0 N–H and O–H groups in total. The van der Waals surface area contributed by atoms with Gasteiger partial charge in [-0.25, -0.2) is 4.68 Å². The zero-order chi connectivity index (χ0) is 24.4. The number of aromatic nitrogens is 2. The van der Waals surface area contributed by atoms with Crippen LogP contribution in [0.25, 0.3) is 16.6 Å². The van der Waals surface area contributed by atoms with Crippen molar-refractivity contribution < 1.29 is 9.59 Å². The van der Waals surface area contributed by atoms with Gasteiger partial charge in [-0.15, -0.1) is 11.3 Å². The molecule has 0 aliphatic carbocycles. The van der Waals surface area contributed by atoms with E-state index in [0.29, 0.717) is 18.4 Å². The molecule has 5 rings (SSSR count). The fourth-order valence-corrected chi connectivity index (χ4v) is 4.76. The van der Waals surface area contributed by atoms with E-state index in [4.69, 9.17) is 0 Å². The van der Waals surface area contributed by atoms with Gasteiger partial charge in [0, 0.05) is 43.6 Å². The van der Waals surface area contributed by atoms with Gasteiger partial charge in [-0.1, -0.05) is 24.3 Å². The molecule has 6 heteroatoms. The second kappa shape index (κ2) is 9.68. The van der Waals surface area contributed by atoms with Gasteiger partial charge in [0.2, 0.25) is 0 Å². The molecule has 0 spiro atoms. The predicted octanol–water partition coefficient (Wildman–Crippen LogP) is 6.00. The zero-order valence-corrected chi connectivity index (χ0v) is 20.5. The fourth-order valence-electron chi connectivity index (χ4n) is 4.10. The van der Waals surface area contributed by atoms with Crippen molar-refractivity contribution in [1.82, 2.24) is 9.78 Å². The molecule has 5 nitrogen and oxygen atoms in total. The van der Waals surface area contributed by atoms with Gasteiger partial charge >= 0.3 is 0 Å². The van der Waals surface area contributed by atoms with E-state index < -0.39 is 0 Å². The highest BCUT2D eigenvalue weighted by atomic mass is 32.1. The average Bonchev–Trinajstić information content (AvgIpc) is 3.55. The second-order valence-electron chi connectivity index (χ2n) is 8.73. The Hall–Kier alpha value is -4.03. The van der Waals surface area contributed by atoms with Gasteiger partial charge in [0.1, 0.15) is 0 Å². The number of nitrogens with zero attached hydrogens (tertiary/aromatic N) is 3. The van der Waals surface area contributed by atoms with Gasteiger partial charge in [-0.2, -0.15) is 5.10 Å². The number of thiophene rings is 1. The third-order valence-corrected chi connectivity index (χ3v) is 6.96. The summed E-state index contributed by atoms with van der Waals surface area (Å²) in [4.78, 5) is 28.0. The van der Waals surface area contributed by atoms with Crippen molar-refractivity contribution in [2.75, 3.05) is 19.0 Å². The number of fused-ring (bicyclic) bond motifs is 1. The summed E-state index contributed by atoms with van der Waals surface area (Å²) in [6, 6.07) is 25.4. The van der Waals surface area contributed by atoms with Crippen LogP contribution in [0, 0.1) is 0 Å². The van der Waals surface area contributed by atoms with Crippen LogP contribution in [0.2, 0.25) is 0 Å². The molecule has 0 saturated heterocycles. The summed E-state index contributed by atoms with van der Waals surface area (Å²) in [6.45, 7) is 0. The van der Waals surface area contributed by atoms with Crippen molar-refractivity contribution in [3.8, 4) is 5.69 Å². The maximum absolute atomic E-state index is 12.8. The summed E-state index contributed by atoms with van der Waals surface area (Å²) < 4.78 is 1.88. The first-order chi connectivity index (χ1) is 17.0. The molecule has 3 aromatic carbocycles. The lowest BCUT2D eigenvalue weighted by Gasteiger charge is -2.12. The van der Waals surface area contributed by atoms with Crippen molar-refractivity contribution in [1.29, 1.82) is 0 Å². The molecular weight excluding hydrogens is 454 g/mol. The lowest BCUT2D eigenvalue weighted by molar-refractivity contribution is 0.0986. The van der Waals surface area contributed by atoms with Gasteiger partial charge in [0.25, 0.3) is 0 Å². The van der Waals surface area contributed by atoms with Crippen LogP contribution < -0.4 is 4.90 Å². The van der Waals surface area contributed by atoms with E-state index in [1.54, 1.807) is 0 Å². The molecule has 0 unspecified atom stereocenters. The molecule has 0 bridgehead atoms. The number of hydrogen-bond donors (Lipinski definition) is 0. The van der Waals surface area contributed by atoms with E-state index in [-0.39, 0.29) is 11.6 Å². The molecule has 2 aromatic heterocycles. The highest BCUT2D eigenvalue weighted by molar-refractivity contribution is 7.12. The second-order valence-corrected chi connectivity index (χ2v) is 9.68. The number of rotatable bonds is 8. The van der Waals surface area contributed by atoms with E-state index in [1.807, 2.05) is 114 Å². The van der Waals surface area contributed by atoms with E-state index >= 15 is 0 Å². The molecule has 0 aliphatic heterocycles. The number of anilines is 1. The molecule has 0 radical (unpaired) electrons. The van der Waals surface area contributed by atoms with Crippen molar-refractivity contribution in [2.45, 2.75) is 12.8 Å². The van der Waals surface area contributed by atoms with Crippen LogP contribution >= 0.6 is 11.3 Å². The SMILES string of the molecule is CN(C)c1ccc(C(=O)Cc2ccc3c(cnn3-c3ccc(CC(=O)c4cccs4)cc3)c2)cc1. The van der Waals surface area contributed by atoms with E-state index in [0.717, 1.165) is 38.3 Å². The smallest absolute Gasteiger partial charge is 0.177 e. The van der Waals surface area contributed by atoms with E-state index in [2.05, 4.69) is 5.10 Å². The fraction of sp³-hybridized carbons (Fsp3) is 0.138. The van der Waals surface area contributed by atoms with Crippen LogP contribution in [0.5, 0.6) is 0 Å². The zero-order valence-electron chi connectivity index (χ0n) is 19.6. The average molecular weight is 480 g/mol. The normalized spacial score (nSPS) is 11.0. The quantitative estimate of drug-likeness (QED) is 0.256. The Labute approximate surface area is 208 Å². The molecule has 2 heterocycles. The van der Waals surface area contributed by atoms with Crippen molar-refractivity contribution in [2.24, 2.45) is 0 Å². The van der Waals surface area contributed by atoms with Crippen LogP contribution in [-0.2, 0) is 12.8 Å². The van der Waals surface area contributed by atoms with Crippen LogP contribution in [0.4, 0.5) is 5.69 Å². The number of ketones is 2. The number of Topliss-reactive ketones (excluding diaryl/α,β-unsaturated/α-hetero) is 2. The highest BCUT2D eigenvalue weighted by Crippen LogP contribution is 2.22. The minimum Gasteiger partial charge on any atom is -0.378 e. The number of benzene rings is 3. The molecule has 0 fully saturated rings. The monoisotopic (exact) mass is 479 g/mol. The van der Waals surface area contributed by atoms with Crippen LogP contribution in [0.3, 0.4) is 0 Å². The number of hydrogen-bond acceptors (Lipinski definition) is 5. The Bertz CT molecular complexity index is 1480. The Morgan fingerprint density at radius 1 is 0.857 bits per heavy atom. The third kappa shape index (κ3) is 4.93. The minimum absolute atomic E-state index is 0.0923. The van der Waals surface area contributed by atoms with Gasteiger partial charge in [0.15, 0.2) is 11.6 Å². The number of carbonyl (C=O) groups excluding carboxylic acids is 2. The first kappa shape index (κ1) is 22.7. The molecule has 0 amide bonds. The predicted molar refractivity (Wildman–Crippen MR) is 142 cm³/mol. The first-order valence-corrected chi connectivity index (χ1v) is 12.3. The molecule has 35 heavy (non-hydrogen) atoms. The Morgan fingerprint density at radius 2 is 1.57 bits per heavy atom. The summed E-state index contributed by atoms with van der Waals surface area (Å²) in [5, 5.41) is 7.46. The minimum atomic E-state index is 0.0923. The maximum Gasteiger partial charge on any atom is 0.177 e. The Morgan fingerprint density at radius 3 is 2.26 bits per heavy atom. The maximum atomic E-state index is 12.8. The summed E-state index contributed by atoms with van der Waals surface area (Å²) >= 11 is 1.47. The molecule has 0 saturated carbocycles. The molecule has 5 aromatic rings. The third-order valence-electron chi connectivity index (χ3n) is 6.04. The summed E-state index contributed by atoms with van der Waals surface area (Å²) in [5.74, 6) is 0.225. The van der Waals surface area contributed by atoms with Gasteiger partial charge in [-0.05, 0) is 71.1 Å². The first-order valence-electron chi connectivity index (χ1n) is 11.4. The van der Waals surface area contributed by atoms with E-state index in [9.17, 15) is 9.59 Å². The van der Waals surface area contributed by atoms with Gasteiger partial charge in [0.05, 0.1) is 22.3 Å². The van der Waals surface area contributed by atoms with Gasteiger partial charge < -0.3 is 4.90 Å². The molecular formula is C29H25N3O2S. The lowest BCUT2D eigenvalue weighted by atomic mass is 10.0. The molecule has 174 valence electrons. The Balaban J connectivity index is 1.30. The van der Waals surface area contributed by atoms with Crippen molar-refractivity contribution in [3.05, 3.63) is 112 Å². The molecule has 0 aliphatic rings. The number of carbonyl (C=O) groups is 2. The summed E-state index contributed by atoms with van der Waals surface area (Å²) in [7, 11) is 3.96. The van der Waals surface area contributed by atoms with Crippen molar-refractivity contribution >= 4 is 39.5 Å². The molecule has 0 atom stereocenters. The standard InChI is InChI=1S/C29H25N3O2S/c1-31(2)24-12-8-22(9-13-24)27(33)18-21-7-14-26-23(16-21)19-30-32(26)25-10-5-20(6-11-25)17-28(34)29-4-3-15-35-29/h3-16,19H,17-18H2,1-2H3.